The van der Waals surface area contributed by atoms with Crippen LogP contribution in [0.4, 0.5) is 10.1 Å². The molecule has 1 aromatic rings. The summed E-state index contributed by atoms with van der Waals surface area (Å²) in [4.78, 5) is 16.5. The number of hydrogen-bond acceptors (Lipinski definition) is 5. The summed E-state index contributed by atoms with van der Waals surface area (Å²) in [5, 5.41) is 5.86. The number of ether oxygens (including phenoxy) is 2. The first-order chi connectivity index (χ1) is 12.2. The molecule has 0 fully saturated rings. The molecule has 25 heavy (non-hydrogen) atoms. The van der Waals surface area contributed by atoms with Gasteiger partial charge in [0.2, 0.25) is 0 Å². The Morgan fingerprint density at radius 3 is 3.04 bits per heavy atom. The summed E-state index contributed by atoms with van der Waals surface area (Å²) in [6.07, 6.45) is 0. The van der Waals surface area contributed by atoms with Crippen molar-refractivity contribution in [3.8, 4) is 11.5 Å². The first kappa shape index (κ1) is 17.5. The average molecular weight is 459 g/mol. The molecule has 3 rings (SSSR count). The van der Waals surface area contributed by atoms with Gasteiger partial charge in [0.1, 0.15) is 0 Å². The second kappa shape index (κ2) is 7.72. The van der Waals surface area contributed by atoms with Gasteiger partial charge in [-0.15, -0.1) is 0 Å². The Hall–Kier alpha value is -2.30. The van der Waals surface area contributed by atoms with Crippen molar-refractivity contribution >= 4 is 17.4 Å². The van der Waals surface area contributed by atoms with Crippen molar-refractivity contribution in [1.82, 2.24) is 8.85 Å². The van der Waals surface area contributed by atoms with Gasteiger partial charge >= 0.3 is 155 Å². The van der Waals surface area contributed by atoms with E-state index in [-0.39, 0.29) is 12.5 Å². The summed E-state index contributed by atoms with van der Waals surface area (Å²) in [6, 6.07) is 5.38. The predicted octanol–water partition coefficient (Wildman–Crippen LogP) is -1.68. The van der Waals surface area contributed by atoms with Crippen LogP contribution in [-0.4, -0.2) is 39.1 Å². The first-order valence-corrected chi connectivity index (χ1v) is 9.80. The number of benzene rings is 1. The van der Waals surface area contributed by atoms with E-state index in [1.807, 2.05) is 4.08 Å². The summed E-state index contributed by atoms with van der Waals surface area (Å²) in [6.45, 7) is -0.549. The fourth-order valence-electron chi connectivity index (χ4n) is 2.37. The number of methoxy groups -OCH3 is 1. The molecule has 0 spiro atoms. The van der Waals surface area contributed by atoms with E-state index in [4.69, 9.17) is 9.47 Å². The van der Waals surface area contributed by atoms with Crippen LogP contribution in [0.2, 0.25) is 0 Å². The number of nitrogens with zero attached hydrogens (tertiary/aromatic N) is 1. The number of fused-ring (bicyclic) bond motifs is 1. The number of para-hydroxylation sites is 1. The van der Waals surface area contributed by atoms with Crippen LogP contribution in [0, 0.1) is 0 Å². The number of amides is 1. The molecule has 134 valence electrons. The molecule has 1 amide bonds. The normalized spacial score (nSPS) is 17.6. The number of aliphatic imine (C=N–C) groups is 1. The third kappa shape index (κ3) is 3.41. The number of rotatable bonds is 4. The number of amidine groups is 1. The fraction of sp³-hybridized carbons (Fsp3) is 0.250. The summed E-state index contributed by atoms with van der Waals surface area (Å²) >= 11 is -0.697. The van der Waals surface area contributed by atoms with Crippen LogP contribution in [0.1, 0.15) is 0 Å². The van der Waals surface area contributed by atoms with Crippen molar-refractivity contribution in [3.63, 3.8) is 0 Å². The van der Waals surface area contributed by atoms with E-state index in [2.05, 4.69) is 19.2 Å². The zero-order chi connectivity index (χ0) is 17.8. The fourth-order valence-corrected chi connectivity index (χ4v) is 4.14. The van der Waals surface area contributed by atoms with Crippen molar-refractivity contribution in [1.29, 1.82) is 0 Å². The van der Waals surface area contributed by atoms with Crippen molar-refractivity contribution in [2.45, 2.75) is 0 Å². The van der Waals surface area contributed by atoms with Crippen LogP contribution >= 0.6 is 0 Å². The van der Waals surface area contributed by atoms with E-state index in [9.17, 15) is 9.18 Å². The van der Waals surface area contributed by atoms with E-state index in [1.165, 1.54) is 0 Å². The van der Waals surface area contributed by atoms with E-state index in [0.29, 0.717) is 40.1 Å². The number of halogens is 2. The Labute approximate surface area is 155 Å². The number of carbonyl (C=O) groups excluding carboxylic acids is 1. The molecular formula is C16H17FIN4O3-. The number of nitrogens with one attached hydrogen (secondary N) is 3. The second-order valence-corrected chi connectivity index (χ2v) is 6.77. The molecule has 0 unspecified atom stereocenters. The van der Waals surface area contributed by atoms with Crippen LogP contribution in [0.15, 0.2) is 44.3 Å². The van der Waals surface area contributed by atoms with Crippen molar-refractivity contribution in [2.24, 2.45) is 4.99 Å². The molecule has 0 atom stereocenters. The van der Waals surface area contributed by atoms with Gasteiger partial charge < -0.3 is 0 Å². The SMILES string of the molecule is CNC(=O)C1=C[I-]NC(=NCCF)C2=C1Nc1c(OC)cccc1O2. The minimum atomic E-state index is -0.697. The predicted molar refractivity (Wildman–Crippen MR) is 87.8 cm³/mol. The average Bonchev–Trinajstić information content (AvgIpc) is 2.82. The molecule has 2 aliphatic heterocycles. The van der Waals surface area contributed by atoms with Crippen LogP contribution < -0.4 is 45.1 Å². The van der Waals surface area contributed by atoms with E-state index >= 15 is 0 Å². The number of hydrogen-bond donors (Lipinski definition) is 3. The maximum absolute atomic E-state index is 12.6. The molecular weight excluding hydrogens is 442 g/mol. The molecule has 0 bridgehead atoms. The zero-order valence-electron chi connectivity index (χ0n) is 13.7. The van der Waals surface area contributed by atoms with Gasteiger partial charge in [-0.25, -0.2) is 0 Å². The Bertz CT molecular complexity index is 792. The van der Waals surface area contributed by atoms with E-state index in [1.54, 1.807) is 32.4 Å². The third-order valence-electron chi connectivity index (χ3n) is 3.52. The second-order valence-electron chi connectivity index (χ2n) is 4.99. The molecule has 0 aliphatic carbocycles. The van der Waals surface area contributed by atoms with E-state index < -0.39 is 28.2 Å². The Balaban J connectivity index is 2.12. The minimum absolute atomic E-state index is 0.0203. The Kier molecular flexibility index (Phi) is 5.41. The van der Waals surface area contributed by atoms with Crippen LogP contribution in [0.3, 0.4) is 0 Å². The molecule has 2 aliphatic rings. The standard InChI is InChI=1S/C16H17FIN4O3/c1-19-16(23)9-8-18-22-15(20-7-6-17)14-12(9)21-13-10(24-2)4-3-5-11(13)25-14/h3-5,8,21H,6-7H2,1-2H3,(H,19,23)(H,20,22)/q-1. The Morgan fingerprint density at radius 2 is 2.32 bits per heavy atom. The molecule has 7 nitrogen and oxygen atoms in total. The third-order valence-corrected chi connectivity index (χ3v) is 5.27. The van der Waals surface area contributed by atoms with Gasteiger partial charge in [0.15, 0.2) is 0 Å². The summed E-state index contributed by atoms with van der Waals surface area (Å²) in [5.41, 5.74) is 1.57. The Morgan fingerprint density at radius 1 is 1.48 bits per heavy atom. The summed E-state index contributed by atoms with van der Waals surface area (Å²) < 4.78 is 29.0. The topological polar surface area (TPSA) is 84.0 Å². The zero-order valence-corrected chi connectivity index (χ0v) is 15.8. The molecule has 0 saturated heterocycles. The molecule has 0 radical (unpaired) electrons. The van der Waals surface area contributed by atoms with Crippen LogP contribution in [0.25, 0.3) is 0 Å². The van der Waals surface area contributed by atoms with Gasteiger partial charge in [-0.05, 0) is 0 Å². The van der Waals surface area contributed by atoms with E-state index in [0.717, 1.165) is 0 Å². The summed E-state index contributed by atoms with van der Waals surface area (Å²) in [5.74, 6) is 1.71. The number of alkyl halides is 1. The number of likely N-dealkylation sites (N-methyl/N-ethyl adjacent to an activating group) is 1. The molecule has 0 saturated carbocycles. The number of carbonyl (C=O) groups is 1. The first-order valence-electron chi connectivity index (χ1n) is 7.47. The number of anilines is 1. The van der Waals surface area contributed by atoms with Crippen molar-refractivity contribution < 1.29 is 40.1 Å². The van der Waals surface area contributed by atoms with Gasteiger partial charge in [-0.2, -0.15) is 0 Å². The monoisotopic (exact) mass is 459 g/mol. The van der Waals surface area contributed by atoms with Crippen LogP contribution in [0.5, 0.6) is 11.5 Å². The summed E-state index contributed by atoms with van der Waals surface area (Å²) in [7, 11) is 3.13. The van der Waals surface area contributed by atoms with Gasteiger partial charge in [-0.3, -0.25) is 0 Å². The van der Waals surface area contributed by atoms with Gasteiger partial charge in [0.05, 0.1) is 0 Å². The molecule has 0 aromatic heterocycles. The molecule has 3 N–H and O–H groups in total. The van der Waals surface area contributed by atoms with Crippen LogP contribution in [-0.2, 0) is 4.79 Å². The quantitative estimate of drug-likeness (QED) is 0.370. The molecule has 2 heterocycles. The maximum atomic E-state index is 12.6. The molecule has 9 heteroatoms. The van der Waals surface area contributed by atoms with Gasteiger partial charge in [0, 0.05) is 0 Å². The van der Waals surface area contributed by atoms with Gasteiger partial charge in [0.25, 0.3) is 0 Å². The van der Waals surface area contributed by atoms with Crippen molar-refractivity contribution in [2.75, 3.05) is 32.7 Å². The van der Waals surface area contributed by atoms with Gasteiger partial charge in [-0.1, -0.05) is 0 Å². The van der Waals surface area contributed by atoms with Crippen molar-refractivity contribution in [3.05, 3.63) is 39.3 Å². The molecule has 1 aromatic carbocycles.